The molecule has 0 saturated carbocycles. The Morgan fingerprint density at radius 3 is 2.84 bits per heavy atom. The number of amides is 1. The molecule has 3 rings (SSSR count). The minimum absolute atomic E-state index is 0.0443. The van der Waals surface area contributed by atoms with Gasteiger partial charge >= 0.3 is 0 Å². The first kappa shape index (κ1) is 17.0. The number of anilines is 1. The molecule has 1 N–H and O–H groups in total. The first-order chi connectivity index (χ1) is 12.1. The summed E-state index contributed by atoms with van der Waals surface area (Å²) in [5.41, 5.74) is 0.539. The molecule has 1 amide bonds. The number of nitrogens with one attached hydrogen (secondary N) is 1. The Morgan fingerprint density at radius 1 is 1.40 bits per heavy atom. The number of hydrogen-bond donors (Lipinski definition) is 1. The van der Waals surface area contributed by atoms with Crippen molar-refractivity contribution in [3.05, 3.63) is 42.1 Å². The molecule has 0 radical (unpaired) electrons. The molecule has 130 valence electrons. The lowest BCUT2D eigenvalue weighted by Crippen LogP contribution is -2.45. The van der Waals surface area contributed by atoms with Gasteiger partial charge in [-0.05, 0) is 25.5 Å². The molecule has 0 aliphatic carbocycles. The number of hydrogen-bond acceptors (Lipinski definition) is 5. The van der Waals surface area contributed by atoms with Crippen LogP contribution in [0, 0.1) is 17.2 Å². The summed E-state index contributed by atoms with van der Waals surface area (Å²) in [5.74, 6) is 2.08. The molecule has 0 spiro atoms. The summed E-state index contributed by atoms with van der Waals surface area (Å²) in [6.45, 7) is 3.37. The lowest BCUT2D eigenvalue weighted by Gasteiger charge is -2.40. The molecule has 1 fully saturated rings. The number of aryl methyl sites for hydroxylation is 1. The van der Waals surface area contributed by atoms with Crippen LogP contribution in [0.25, 0.3) is 0 Å². The van der Waals surface area contributed by atoms with Crippen LogP contribution in [-0.2, 0) is 11.8 Å². The van der Waals surface area contributed by atoms with E-state index in [1.165, 1.54) is 0 Å². The zero-order chi connectivity index (χ0) is 17.8. The van der Waals surface area contributed by atoms with Crippen molar-refractivity contribution in [3.8, 4) is 6.07 Å². The normalized spacial score (nSPS) is 20.4. The Kier molecular flexibility index (Phi) is 4.98. The molecule has 2 atom stereocenters. The van der Waals surface area contributed by atoms with E-state index >= 15 is 0 Å². The van der Waals surface area contributed by atoms with Gasteiger partial charge in [-0.15, -0.1) is 0 Å². The van der Waals surface area contributed by atoms with Crippen LogP contribution in [0.1, 0.15) is 37.2 Å². The van der Waals surface area contributed by atoms with E-state index in [0.29, 0.717) is 25.1 Å². The summed E-state index contributed by atoms with van der Waals surface area (Å²) < 4.78 is 1.99. The topological polar surface area (TPSA) is 86.8 Å². The van der Waals surface area contributed by atoms with E-state index in [1.54, 1.807) is 24.5 Å². The van der Waals surface area contributed by atoms with Crippen molar-refractivity contribution in [2.75, 3.05) is 18.4 Å². The molecule has 2 aromatic heterocycles. The first-order valence-corrected chi connectivity index (χ1v) is 8.50. The average molecular weight is 338 g/mol. The SMILES string of the molecule is CCN1C(=O)CC[C@H](CNc2ccc(C#N)cn2)[C@H]1c1nccn1C. The predicted octanol–water partition coefficient (Wildman–Crippen LogP) is 2.10. The van der Waals surface area contributed by atoms with E-state index in [0.717, 1.165) is 18.1 Å². The number of likely N-dealkylation sites (tertiary alicyclic amines) is 1. The van der Waals surface area contributed by atoms with Crippen LogP contribution < -0.4 is 5.32 Å². The maximum Gasteiger partial charge on any atom is 0.223 e. The average Bonchev–Trinajstić information content (AvgIpc) is 3.06. The molecule has 0 aromatic carbocycles. The summed E-state index contributed by atoms with van der Waals surface area (Å²) in [7, 11) is 1.96. The van der Waals surface area contributed by atoms with E-state index in [-0.39, 0.29) is 17.9 Å². The van der Waals surface area contributed by atoms with Crippen LogP contribution in [0.4, 0.5) is 5.82 Å². The third-order valence-corrected chi connectivity index (χ3v) is 4.73. The third kappa shape index (κ3) is 3.48. The maximum absolute atomic E-state index is 12.4. The molecule has 1 aliphatic rings. The van der Waals surface area contributed by atoms with Crippen molar-refractivity contribution in [2.24, 2.45) is 13.0 Å². The summed E-state index contributed by atoms with van der Waals surface area (Å²) in [6.07, 6.45) is 6.61. The molecule has 0 unspecified atom stereocenters. The van der Waals surface area contributed by atoms with Crippen molar-refractivity contribution < 1.29 is 4.79 Å². The second kappa shape index (κ2) is 7.34. The second-order valence-electron chi connectivity index (χ2n) is 6.24. The molecule has 1 saturated heterocycles. The van der Waals surface area contributed by atoms with E-state index < -0.39 is 0 Å². The molecule has 25 heavy (non-hydrogen) atoms. The van der Waals surface area contributed by atoms with Crippen molar-refractivity contribution in [2.45, 2.75) is 25.8 Å². The smallest absolute Gasteiger partial charge is 0.223 e. The third-order valence-electron chi connectivity index (χ3n) is 4.73. The number of imidazole rings is 1. The highest BCUT2D eigenvalue weighted by Gasteiger charge is 2.37. The fraction of sp³-hybridized carbons (Fsp3) is 0.444. The summed E-state index contributed by atoms with van der Waals surface area (Å²) in [6, 6.07) is 5.57. The number of aromatic nitrogens is 3. The number of pyridine rings is 1. The van der Waals surface area contributed by atoms with Gasteiger partial charge < -0.3 is 14.8 Å². The zero-order valence-electron chi connectivity index (χ0n) is 14.5. The van der Waals surface area contributed by atoms with Crippen molar-refractivity contribution in [1.29, 1.82) is 5.26 Å². The van der Waals surface area contributed by atoms with Crippen LogP contribution in [0.2, 0.25) is 0 Å². The largest absolute Gasteiger partial charge is 0.370 e. The van der Waals surface area contributed by atoms with Crippen LogP contribution >= 0.6 is 0 Å². The van der Waals surface area contributed by atoms with Gasteiger partial charge in [0, 0.05) is 51.1 Å². The number of carbonyl (C=O) groups is 1. The lowest BCUT2D eigenvalue weighted by atomic mass is 9.87. The molecule has 7 nitrogen and oxygen atoms in total. The maximum atomic E-state index is 12.4. The van der Waals surface area contributed by atoms with E-state index in [2.05, 4.69) is 21.4 Å². The lowest BCUT2D eigenvalue weighted by molar-refractivity contribution is -0.138. The van der Waals surface area contributed by atoms with Gasteiger partial charge in [0.25, 0.3) is 0 Å². The molecule has 0 bridgehead atoms. The van der Waals surface area contributed by atoms with Crippen LogP contribution in [0.5, 0.6) is 0 Å². The minimum atomic E-state index is -0.0443. The monoisotopic (exact) mass is 338 g/mol. The summed E-state index contributed by atoms with van der Waals surface area (Å²) >= 11 is 0. The number of nitriles is 1. The van der Waals surface area contributed by atoms with Gasteiger partial charge in [-0.3, -0.25) is 4.79 Å². The van der Waals surface area contributed by atoms with E-state index in [9.17, 15) is 4.79 Å². The second-order valence-corrected chi connectivity index (χ2v) is 6.24. The molecule has 1 aliphatic heterocycles. The number of rotatable bonds is 5. The molecule has 3 heterocycles. The number of carbonyl (C=O) groups excluding carboxylic acids is 1. The molecular weight excluding hydrogens is 316 g/mol. The summed E-state index contributed by atoms with van der Waals surface area (Å²) in [4.78, 5) is 23.0. The van der Waals surface area contributed by atoms with Crippen molar-refractivity contribution >= 4 is 11.7 Å². The number of nitrogens with zero attached hydrogens (tertiary/aromatic N) is 5. The van der Waals surface area contributed by atoms with Crippen LogP contribution in [0.15, 0.2) is 30.7 Å². The van der Waals surface area contributed by atoms with Crippen molar-refractivity contribution in [3.63, 3.8) is 0 Å². The highest BCUT2D eigenvalue weighted by molar-refractivity contribution is 5.77. The van der Waals surface area contributed by atoms with Gasteiger partial charge in [0.05, 0.1) is 11.6 Å². The quantitative estimate of drug-likeness (QED) is 0.902. The van der Waals surface area contributed by atoms with Gasteiger partial charge in [0.1, 0.15) is 17.7 Å². The Morgan fingerprint density at radius 2 is 2.24 bits per heavy atom. The van der Waals surface area contributed by atoms with Crippen LogP contribution in [-0.4, -0.2) is 38.4 Å². The van der Waals surface area contributed by atoms with Gasteiger partial charge in [-0.1, -0.05) is 0 Å². The van der Waals surface area contributed by atoms with Crippen molar-refractivity contribution in [1.82, 2.24) is 19.4 Å². The Labute approximate surface area is 147 Å². The fourth-order valence-electron chi connectivity index (χ4n) is 3.42. The first-order valence-electron chi connectivity index (χ1n) is 8.50. The van der Waals surface area contributed by atoms with Crippen LogP contribution in [0.3, 0.4) is 0 Å². The standard InChI is InChI=1S/C18H22N6O/c1-3-24-16(25)7-5-14(17(24)18-20-8-9-23(18)2)12-22-15-6-4-13(10-19)11-21-15/h4,6,8-9,11,14,17H,3,5,7,12H2,1-2H3,(H,21,22)/t14-,17+/m1/s1. The van der Waals surface area contributed by atoms with E-state index in [1.807, 2.05) is 29.6 Å². The Hall–Kier alpha value is -2.88. The fourth-order valence-corrected chi connectivity index (χ4v) is 3.42. The van der Waals surface area contributed by atoms with Gasteiger partial charge in [-0.25, -0.2) is 9.97 Å². The Bertz CT molecular complexity index is 776. The predicted molar refractivity (Wildman–Crippen MR) is 93.5 cm³/mol. The minimum Gasteiger partial charge on any atom is -0.370 e. The molecular formula is C18H22N6O. The highest BCUT2D eigenvalue weighted by Crippen LogP contribution is 2.35. The highest BCUT2D eigenvalue weighted by atomic mass is 16.2. The summed E-state index contributed by atoms with van der Waals surface area (Å²) in [5, 5.41) is 12.2. The molecule has 2 aromatic rings. The Balaban J connectivity index is 1.78. The number of piperidine rings is 1. The van der Waals surface area contributed by atoms with Gasteiger partial charge in [-0.2, -0.15) is 5.26 Å². The van der Waals surface area contributed by atoms with E-state index in [4.69, 9.17) is 5.26 Å². The molecule has 7 heteroatoms. The van der Waals surface area contributed by atoms with Gasteiger partial charge in [0.15, 0.2) is 0 Å². The van der Waals surface area contributed by atoms with Gasteiger partial charge in [0.2, 0.25) is 5.91 Å². The zero-order valence-corrected chi connectivity index (χ0v) is 14.5.